The number of nitrogens with one attached hydrogen (secondary N) is 2. The number of amides is 2. The molecule has 86 valence electrons. The maximum Gasteiger partial charge on any atom is 0.337 e. The van der Waals surface area contributed by atoms with Gasteiger partial charge in [0.25, 0.3) is 0 Å². The van der Waals surface area contributed by atoms with Crippen molar-refractivity contribution in [2.24, 2.45) is 5.29 Å². The highest BCUT2D eigenvalue weighted by Crippen LogP contribution is 2.18. The Balaban J connectivity index is 2.34. The van der Waals surface area contributed by atoms with Gasteiger partial charge in [0.1, 0.15) is 18.3 Å². The quantitative estimate of drug-likeness (QED) is 0.261. The molecule has 0 bridgehead atoms. The SMILES string of the molecule is O=NNC(=O)NC[C@H]1OC(O)[C@H](O)[C@@H]1O. The highest BCUT2D eigenvalue weighted by Gasteiger charge is 2.41. The van der Waals surface area contributed by atoms with E-state index < -0.39 is 30.6 Å². The molecule has 9 heteroatoms. The van der Waals surface area contributed by atoms with Crippen LogP contribution in [0.1, 0.15) is 0 Å². The highest BCUT2D eigenvalue weighted by molar-refractivity contribution is 5.73. The number of carbonyl (C=O) groups excluding carboxylic acids is 1. The summed E-state index contributed by atoms with van der Waals surface area (Å²) in [6, 6.07) is -0.864. The van der Waals surface area contributed by atoms with Crippen molar-refractivity contribution in [3.63, 3.8) is 0 Å². The summed E-state index contributed by atoms with van der Waals surface area (Å²) in [5.74, 6) is 0. The average molecular weight is 221 g/mol. The van der Waals surface area contributed by atoms with Gasteiger partial charge in [0.05, 0.1) is 5.29 Å². The molecule has 1 rings (SSSR count). The van der Waals surface area contributed by atoms with Crippen LogP contribution in [0.2, 0.25) is 0 Å². The first-order valence-corrected chi connectivity index (χ1v) is 4.12. The van der Waals surface area contributed by atoms with Gasteiger partial charge in [-0.1, -0.05) is 0 Å². The van der Waals surface area contributed by atoms with E-state index in [0.29, 0.717) is 0 Å². The van der Waals surface area contributed by atoms with Crippen LogP contribution in [0.15, 0.2) is 5.29 Å². The Morgan fingerprint density at radius 3 is 2.47 bits per heavy atom. The molecule has 0 aromatic rings. The van der Waals surface area contributed by atoms with E-state index in [4.69, 9.17) is 14.9 Å². The summed E-state index contributed by atoms with van der Waals surface area (Å²) in [6.45, 7) is -0.170. The van der Waals surface area contributed by atoms with Crippen LogP contribution in [0.25, 0.3) is 0 Å². The van der Waals surface area contributed by atoms with Crippen molar-refractivity contribution < 1.29 is 24.9 Å². The molecule has 2 amide bonds. The molecule has 9 nitrogen and oxygen atoms in total. The third-order valence-electron chi connectivity index (χ3n) is 1.95. The van der Waals surface area contributed by atoms with Gasteiger partial charge in [-0.3, -0.25) is 0 Å². The third kappa shape index (κ3) is 2.83. The molecule has 1 aliphatic heterocycles. The normalized spacial score (nSPS) is 34.9. The molecule has 4 atom stereocenters. The van der Waals surface area contributed by atoms with Crippen LogP contribution in [0.4, 0.5) is 4.79 Å². The molecule has 0 aliphatic carbocycles. The number of carbonyl (C=O) groups is 1. The lowest BCUT2D eigenvalue weighted by Gasteiger charge is -2.13. The number of aliphatic hydroxyl groups is 3. The van der Waals surface area contributed by atoms with Gasteiger partial charge >= 0.3 is 6.03 Å². The van der Waals surface area contributed by atoms with Gasteiger partial charge in [0.2, 0.25) is 0 Å². The zero-order chi connectivity index (χ0) is 11.4. The van der Waals surface area contributed by atoms with Gasteiger partial charge in [0.15, 0.2) is 6.29 Å². The summed E-state index contributed by atoms with van der Waals surface area (Å²) >= 11 is 0. The van der Waals surface area contributed by atoms with Crippen LogP contribution in [0.5, 0.6) is 0 Å². The molecule has 1 fully saturated rings. The first kappa shape index (κ1) is 11.8. The van der Waals surface area contributed by atoms with E-state index in [0.717, 1.165) is 0 Å². The first-order chi connectivity index (χ1) is 7.06. The lowest BCUT2D eigenvalue weighted by Crippen LogP contribution is -2.42. The Labute approximate surface area is 84.0 Å². The zero-order valence-corrected chi connectivity index (χ0v) is 7.53. The number of aliphatic hydroxyl groups excluding tert-OH is 3. The highest BCUT2D eigenvalue weighted by atomic mass is 16.6. The van der Waals surface area contributed by atoms with Crippen LogP contribution in [0, 0.1) is 4.91 Å². The van der Waals surface area contributed by atoms with Gasteiger partial charge < -0.3 is 25.4 Å². The summed E-state index contributed by atoms with van der Waals surface area (Å²) in [5, 5.41) is 31.6. The minimum atomic E-state index is -1.49. The number of nitroso groups, excluding NO2 is 1. The molecule has 0 aromatic heterocycles. The first-order valence-electron chi connectivity index (χ1n) is 4.12. The second kappa shape index (κ2) is 4.98. The van der Waals surface area contributed by atoms with Crippen LogP contribution in [0.3, 0.4) is 0 Å². The molecule has 0 aromatic carbocycles. The Morgan fingerprint density at radius 1 is 1.33 bits per heavy atom. The van der Waals surface area contributed by atoms with E-state index in [-0.39, 0.29) is 6.54 Å². The lowest BCUT2D eigenvalue weighted by molar-refractivity contribution is -0.126. The number of urea groups is 1. The van der Waals surface area contributed by atoms with Gasteiger partial charge in [0, 0.05) is 6.54 Å². The Hall–Kier alpha value is -1.29. The minimum absolute atomic E-state index is 0.170. The van der Waals surface area contributed by atoms with Crippen molar-refractivity contribution in [1.29, 1.82) is 0 Å². The molecule has 1 saturated heterocycles. The number of hydrogen-bond acceptors (Lipinski definition) is 7. The van der Waals surface area contributed by atoms with Crippen LogP contribution in [-0.2, 0) is 4.74 Å². The Morgan fingerprint density at radius 2 is 2.00 bits per heavy atom. The van der Waals surface area contributed by atoms with Gasteiger partial charge in [-0.15, -0.1) is 4.91 Å². The van der Waals surface area contributed by atoms with E-state index in [1.165, 1.54) is 0 Å². The van der Waals surface area contributed by atoms with Crippen molar-refractivity contribution in [3.05, 3.63) is 4.91 Å². The van der Waals surface area contributed by atoms with E-state index in [2.05, 4.69) is 10.6 Å². The molecular formula is C6H11N3O6. The molecule has 1 heterocycles. The van der Waals surface area contributed by atoms with E-state index in [1.807, 2.05) is 0 Å². The predicted octanol–water partition coefficient (Wildman–Crippen LogP) is -2.59. The van der Waals surface area contributed by atoms with Gasteiger partial charge in [-0.25, -0.2) is 4.79 Å². The van der Waals surface area contributed by atoms with E-state index in [1.54, 1.807) is 5.43 Å². The van der Waals surface area contributed by atoms with Gasteiger partial charge in [-0.05, 0) is 0 Å². The maximum atomic E-state index is 10.7. The number of hydrogen-bond donors (Lipinski definition) is 5. The monoisotopic (exact) mass is 221 g/mol. The number of ether oxygens (including phenoxy) is 1. The number of rotatable bonds is 3. The fraction of sp³-hybridized carbons (Fsp3) is 0.833. The molecule has 5 N–H and O–H groups in total. The standard InChI is InChI=1S/C6H11N3O6/c10-3-2(15-5(12)4(3)11)1-7-6(13)8-9-14/h2-5,10-12H,1H2,(H2,7,8,13,14)/t2-,3-,4-,5?/m1/s1. The van der Waals surface area contributed by atoms with Crippen LogP contribution in [-0.4, -0.2) is 52.5 Å². The van der Waals surface area contributed by atoms with Crippen molar-refractivity contribution in [1.82, 2.24) is 10.7 Å². The summed E-state index contributed by atoms with van der Waals surface area (Å²) < 4.78 is 4.72. The summed E-state index contributed by atoms with van der Waals surface area (Å²) in [5.41, 5.74) is 1.56. The van der Waals surface area contributed by atoms with E-state index >= 15 is 0 Å². The fourth-order valence-electron chi connectivity index (χ4n) is 1.17. The molecule has 0 saturated carbocycles. The molecule has 0 radical (unpaired) electrons. The average Bonchev–Trinajstić information content (AvgIpc) is 2.43. The molecular weight excluding hydrogens is 210 g/mol. The van der Waals surface area contributed by atoms with Crippen molar-refractivity contribution >= 4 is 6.03 Å². The van der Waals surface area contributed by atoms with Crippen molar-refractivity contribution in [2.45, 2.75) is 24.6 Å². The lowest BCUT2D eigenvalue weighted by atomic mass is 10.1. The summed E-state index contributed by atoms with van der Waals surface area (Å²) in [6.07, 6.45) is -5.14. The fourth-order valence-corrected chi connectivity index (χ4v) is 1.17. The topological polar surface area (TPSA) is 140 Å². The smallest absolute Gasteiger partial charge is 0.337 e. The van der Waals surface area contributed by atoms with Crippen molar-refractivity contribution in [3.8, 4) is 0 Å². The summed E-state index contributed by atoms with van der Waals surface area (Å²) in [4.78, 5) is 20.3. The molecule has 0 spiro atoms. The van der Waals surface area contributed by atoms with E-state index in [9.17, 15) is 14.8 Å². The Bertz CT molecular complexity index is 249. The third-order valence-corrected chi connectivity index (χ3v) is 1.95. The number of nitrogens with zero attached hydrogens (tertiary/aromatic N) is 1. The van der Waals surface area contributed by atoms with Crippen LogP contribution >= 0.6 is 0 Å². The maximum absolute atomic E-state index is 10.7. The van der Waals surface area contributed by atoms with Crippen molar-refractivity contribution in [2.75, 3.05) is 6.54 Å². The second-order valence-electron chi connectivity index (χ2n) is 2.96. The largest absolute Gasteiger partial charge is 0.387 e. The second-order valence-corrected chi connectivity index (χ2v) is 2.96. The molecule has 15 heavy (non-hydrogen) atoms. The summed E-state index contributed by atoms with van der Waals surface area (Å²) in [7, 11) is 0. The van der Waals surface area contributed by atoms with Gasteiger partial charge in [-0.2, -0.15) is 5.43 Å². The molecule has 1 unspecified atom stereocenters. The Kier molecular flexibility index (Phi) is 3.91. The predicted molar refractivity (Wildman–Crippen MR) is 45.2 cm³/mol. The molecule has 1 aliphatic rings. The van der Waals surface area contributed by atoms with Crippen LogP contribution < -0.4 is 10.7 Å². The minimum Gasteiger partial charge on any atom is -0.387 e. The zero-order valence-electron chi connectivity index (χ0n) is 7.53.